The number of ether oxygens (including phenoxy) is 2. The molecular weight excluding hydrogens is 324 g/mol. The molecule has 0 bridgehead atoms. The van der Waals surface area contributed by atoms with Crippen LogP contribution in [0.3, 0.4) is 0 Å². The van der Waals surface area contributed by atoms with Gasteiger partial charge in [0.25, 0.3) is 0 Å². The van der Waals surface area contributed by atoms with E-state index >= 15 is 0 Å². The Morgan fingerprint density at radius 1 is 1.44 bits per heavy atom. The predicted molar refractivity (Wildman–Crippen MR) is 92.5 cm³/mol. The van der Waals surface area contributed by atoms with Crippen molar-refractivity contribution in [2.75, 3.05) is 46.0 Å². The number of aliphatic hydroxyl groups is 1. The number of morpholine rings is 1. The Balaban J connectivity index is 1.32. The monoisotopic (exact) mass is 348 g/mol. The molecule has 0 aliphatic carbocycles. The standard InChI is InChI=1S/C17H24N4O4/c22-14(3-4-18-17(23)11-21-5-7-24-8-6-21)12-25-15-1-2-16-13(9-15)10-19-20-16/h1-2,9-10,14,22H,3-8,11-12H2,(H,18,23)(H,19,20)/t14-/m0/s1. The van der Waals surface area contributed by atoms with E-state index in [1.807, 2.05) is 18.2 Å². The maximum absolute atomic E-state index is 11.9. The van der Waals surface area contributed by atoms with Gasteiger partial charge in [-0.05, 0) is 24.6 Å². The molecule has 0 spiro atoms. The molecule has 1 aliphatic rings. The van der Waals surface area contributed by atoms with Crippen LogP contribution in [-0.4, -0.2) is 78.2 Å². The number of fused-ring (bicyclic) bond motifs is 1. The van der Waals surface area contributed by atoms with Gasteiger partial charge in [-0.3, -0.25) is 14.8 Å². The van der Waals surface area contributed by atoms with Crippen molar-refractivity contribution in [1.29, 1.82) is 0 Å². The first-order valence-electron chi connectivity index (χ1n) is 8.51. The molecule has 1 fully saturated rings. The lowest BCUT2D eigenvalue weighted by molar-refractivity contribution is -0.123. The number of hydrogen-bond acceptors (Lipinski definition) is 6. The quantitative estimate of drug-likeness (QED) is 0.628. The van der Waals surface area contributed by atoms with Crippen molar-refractivity contribution in [1.82, 2.24) is 20.4 Å². The molecule has 0 saturated carbocycles. The largest absolute Gasteiger partial charge is 0.491 e. The van der Waals surface area contributed by atoms with Crippen LogP contribution in [0, 0.1) is 0 Å². The maximum Gasteiger partial charge on any atom is 0.234 e. The van der Waals surface area contributed by atoms with Crippen molar-refractivity contribution in [3.05, 3.63) is 24.4 Å². The van der Waals surface area contributed by atoms with Gasteiger partial charge in [0.1, 0.15) is 12.4 Å². The Bertz CT molecular complexity index is 684. The SMILES string of the molecule is O=C(CN1CCOCC1)NCC[C@H](O)COc1ccc2[nH]ncc2c1. The molecule has 136 valence electrons. The number of carbonyl (C=O) groups is 1. The summed E-state index contributed by atoms with van der Waals surface area (Å²) >= 11 is 0. The summed E-state index contributed by atoms with van der Waals surface area (Å²) in [5.74, 6) is 0.657. The minimum Gasteiger partial charge on any atom is -0.491 e. The average Bonchev–Trinajstić information content (AvgIpc) is 3.08. The lowest BCUT2D eigenvalue weighted by atomic mass is 10.2. The van der Waals surface area contributed by atoms with Crippen LogP contribution in [0.25, 0.3) is 10.9 Å². The number of H-pyrrole nitrogens is 1. The Morgan fingerprint density at radius 3 is 3.12 bits per heavy atom. The van der Waals surface area contributed by atoms with Crippen LogP contribution < -0.4 is 10.1 Å². The summed E-state index contributed by atoms with van der Waals surface area (Å²) in [7, 11) is 0. The van der Waals surface area contributed by atoms with Gasteiger partial charge in [0.15, 0.2) is 0 Å². The number of aliphatic hydroxyl groups excluding tert-OH is 1. The summed E-state index contributed by atoms with van der Waals surface area (Å²) < 4.78 is 10.8. The zero-order chi connectivity index (χ0) is 17.5. The van der Waals surface area contributed by atoms with Crippen LogP contribution in [-0.2, 0) is 9.53 Å². The van der Waals surface area contributed by atoms with Gasteiger partial charge in [0.2, 0.25) is 5.91 Å². The van der Waals surface area contributed by atoms with Crippen molar-refractivity contribution < 1.29 is 19.4 Å². The van der Waals surface area contributed by atoms with Gasteiger partial charge in [0.05, 0.1) is 37.6 Å². The first-order valence-corrected chi connectivity index (χ1v) is 8.51. The van der Waals surface area contributed by atoms with Gasteiger partial charge >= 0.3 is 0 Å². The van der Waals surface area contributed by atoms with Crippen LogP contribution in [0.1, 0.15) is 6.42 Å². The molecule has 3 rings (SSSR count). The third kappa shape index (κ3) is 5.42. The molecule has 25 heavy (non-hydrogen) atoms. The molecule has 2 aromatic rings. The molecule has 3 N–H and O–H groups in total. The normalized spacial score (nSPS) is 16.7. The number of hydrogen-bond donors (Lipinski definition) is 3. The highest BCUT2D eigenvalue weighted by Crippen LogP contribution is 2.18. The van der Waals surface area contributed by atoms with Crippen molar-refractivity contribution in [2.24, 2.45) is 0 Å². The molecule has 1 atom stereocenters. The lowest BCUT2D eigenvalue weighted by Crippen LogP contribution is -2.43. The van der Waals surface area contributed by atoms with Crippen LogP contribution in [0.4, 0.5) is 0 Å². The van der Waals surface area contributed by atoms with E-state index in [2.05, 4.69) is 20.4 Å². The third-order valence-electron chi connectivity index (χ3n) is 4.12. The molecule has 8 heteroatoms. The van der Waals surface area contributed by atoms with Crippen LogP contribution >= 0.6 is 0 Å². The van der Waals surface area contributed by atoms with E-state index in [4.69, 9.17) is 9.47 Å². The molecule has 1 aliphatic heterocycles. The summed E-state index contributed by atoms with van der Waals surface area (Å²) in [4.78, 5) is 13.9. The number of benzene rings is 1. The van der Waals surface area contributed by atoms with Gasteiger partial charge in [0, 0.05) is 25.0 Å². The molecule has 1 saturated heterocycles. The summed E-state index contributed by atoms with van der Waals surface area (Å²) in [5.41, 5.74) is 0.941. The fourth-order valence-corrected chi connectivity index (χ4v) is 2.68. The molecule has 1 aromatic carbocycles. The fraction of sp³-hybridized carbons (Fsp3) is 0.529. The second kappa shape index (κ2) is 8.80. The second-order valence-electron chi connectivity index (χ2n) is 6.11. The third-order valence-corrected chi connectivity index (χ3v) is 4.12. The van der Waals surface area contributed by atoms with E-state index in [9.17, 15) is 9.90 Å². The number of rotatable bonds is 8. The smallest absolute Gasteiger partial charge is 0.234 e. The Morgan fingerprint density at radius 2 is 2.28 bits per heavy atom. The molecular formula is C17H24N4O4. The zero-order valence-corrected chi connectivity index (χ0v) is 14.1. The number of aromatic amines is 1. The summed E-state index contributed by atoms with van der Waals surface area (Å²) in [6.45, 7) is 3.90. The first-order chi connectivity index (χ1) is 12.2. The van der Waals surface area contributed by atoms with Crippen LogP contribution in [0.5, 0.6) is 5.75 Å². The van der Waals surface area contributed by atoms with Crippen LogP contribution in [0.15, 0.2) is 24.4 Å². The van der Waals surface area contributed by atoms with Gasteiger partial charge < -0.3 is 19.9 Å². The number of nitrogens with one attached hydrogen (secondary N) is 2. The van der Waals surface area contributed by atoms with Crippen molar-refractivity contribution in [3.8, 4) is 5.75 Å². The highest BCUT2D eigenvalue weighted by molar-refractivity contribution is 5.79. The van der Waals surface area contributed by atoms with E-state index in [1.165, 1.54) is 0 Å². The molecule has 1 aromatic heterocycles. The lowest BCUT2D eigenvalue weighted by Gasteiger charge is -2.25. The van der Waals surface area contributed by atoms with Gasteiger partial charge in [-0.1, -0.05) is 0 Å². The van der Waals surface area contributed by atoms with Gasteiger partial charge in [-0.15, -0.1) is 0 Å². The van der Waals surface area contributed by atoms with E-state index in [1.54, 1.807) is 6.20 Å². The van der Waals surface area contributed by atoms with Crippen molar-refractivity contribution in [2.45, 2.75) is 12.5 Å². The number of nitrogens with zero attached hydrogens (tertiary/aromatic N) is 2. The summed E-state index contributed by atoms with van der Waals surface area (Å²) in [5, 5.41) is 20.6. The molecule has 2 heterocycles. The minimum atomic E-state index is -0.635. The Kier molecular flexibility index (Phi) is 6.21. The molecule has 0 radical (unpaired) electrons. The predicted octanol–water partition coefficient (Wildman–Crippen LogP) is 0.141. The average molecular weight is 348 g/mol. The topological polar surface area (TPSA) is 99.7 Å². The Hall–Kier alpha value is -2.16. The number of carbonyl (C=O) groups excluding carboxylic acids is 1. The van der Waals surface area contributed by atoms with E-state index in [0.29, 0.717) is 38.5 Å². The zero-order valence-electron chi connectivity index (χ0n) is 14.1. The molecule has 0 unspecified atom stereocenters. The second-order valence-corrected chi connectivity index (χ2v) is 6.11. The maximum atomic E-state index is 11.9. The van der Waals surface area contributed by atoms with E-state index in [-0.39, 0.29) is 12.5 Å². The summed E-state index contributed by atoms with van der Waals surface area (Å²) in [6.07, 6.45) is 1.54. The minimum absolute atomic E-state index is 0.0274. The summed E-state index contributed by atoms with van der Waals surface area (Å²) in [6, 6.07) is 5.59. The Labute approximate surface area is 146 Å². The van der Waals surface area contributed by atoms with E-state index in [0.717, 1.165) is 24.0 Å². The fourth-order valence-electron chi connectivity index (χ4n) is 2.68. The molecule has 8 nitrogen and oxygen atoms in total. The van der Waals surface area contributed by atoms with Gasteiger partial charge in [-0.25, -0.2) is 0 Å². The first kappa shape index (κ1) is 17.7. The molecule has 1 amide bonds. The van der Waals surface area contributed by atoms with Crippen LogP contribution in [0.2, 0.25) is 0 Å². The van der Waals surface area contributed by atoms with Crippen molar-refractivity contribution >= 4 is 16.8 Å². The highest BCUT2D eigenvalue weighted by atomic mass is 16.5. The number of aromatic nitrogens is 2. The van der Waals surface area contributed by atoms with Crippen molar-refractivity contribution in [3.63, 3.8) is 0 Å². The highest BCUT2D eigenvalue weighted by Gasteiger charge is 2.14. The van der Waals surface area contributed by atoms with Gasteiger partial charge in [-0.2, -0.15) is 5.10 Å². The number of amides is 1. The van der Waals surface area contributed by atoms with E-state index < -0.39 is 6.10 Å².